The van der Waals surface area contributed by atoms with Crippen LogP contribution in [0.1, 0.15) is 22.5 Å². The van der Waals surface area contributed by atoms with E-state index < -0.39 is 5.91 Å². The molecule has 1 rings (SSSR count). The molecule has 0 aliphatic carbocycles. The van der Waals surface area contributed by atoms with Crippen LogP contribution in [0, 0.1) is 0 Å². The van der Waals surface area contributed by atoms with E-state index >= 15 is 0 Å². The van der Waals surface area contributed by atoms with Crippen LogP contribution in [0.4, 0.5) is 4.39 Å². The van der Waals surface area contributed by atoms with E-state index in [0.29, 0.717) is 25.1 Å². The molecule has 0 aromatic carbocycles. The maximum absolute atomic E-state index is 11.8. The lowest BCUT2D eigenvalue weighted by Crippen LogP contribution is -2.17. The number of aromatic nitrogens is 1. The Morgan fingerprint density at radius 2 is 2.38 bits per heavy atom. The number of hydrogen-bond acceptors (Lipinski definition) is 4. The summed E-state index contributed by atoms with van der Waals surface area (Å²) in [5, 5.41) is 12.4. The third kappa shape index (κ3) is 3.47. The highest BCUT2D eigenvalue weighted by atomic mass is 19.1. The fraction of sp³-hybridized carbons (Fsp3) is 0.400. The second kappa shape index (κ2) is 6.02. The fourth-order valence-electron chi connectivity index (χ4n) is 1.18. The van der Waals surface area contributed by atoms with Gasteiger partial charge in [0.25, 0.3) is 5.91 Å². The molecule has 1 aromatic heterocycles. The smallest absolute Gasteiger partial charge is 0.267 e. The minimum atomic E-state index is -0.648. The number of rotatable bonds is 6. The van der Waals surface area contributed by atoms with E-state index in [1.807, 2.05) is 0 Å². The number of nitrogens with zero attached hydrogens (tertiary/aromatic N) is 1. The fourth-order valence-corrected chi connectivity index (χ4v) is 1.18. The number of pyridine rings is 1. The highest BCUT2D eigenvalue weighted by molar-refractivity contribution is 5.91. The predicted octanol–water partition coefficient (Wildman–Crippen LogP) is 0.335. The number of halogens is 1. The minimum Gasteiger partial charge on any atom is -0.506 e. The first-order chi connectivity index (χ1) is 7.65. The van der Waals surface area contributed by atoms with Crippen molar-refractivity contribution in [3.63, 3.8) is 0 Å². The monoisotopic (exact) mass is 227 g/mol. The van der Waals surface area contributed by atoms with Crippen LogP contribution in [0.5, 0.6) is 5.75 Å². The number of aromatic hydroxyl groups is 1. The Morgan fingerprint density at radius 1 is 1.62 bits per heavy atom. The second-order valence-electron chi connectivity index (χ2n) is 3.28. The van der Waals surface area contributed by atoms with Crippen LogP contribution < -0.4 is 11.1 Å². The molecule has 0 atom stereocenters. The molecule has 0 radical (unpaired) electrons. The number of carbonyl (C=O) groups excluding carboxylic acids is 1. The Morgan fingerprint density at radius 3 is 3.00 bits per heavy atom. The Labute approximate surface area is 92.5 Å². The van der Waals surface area contributed by atoms with Gasteiger partial charge in [-0.1, -0.05) is 0 Å². The van der Waals surface area contributed by atoms with Gasteiger partial charge in [-0.25, -0.2) is 4.98 Å². The van der Waals surface area contributed by atoms with E-state index in [9.17, 15) is 14.3 Å². The van der Waals surface area contributed by atoms with Crippen molar-refractivity contribution in [2.24, 2.45) is 5.73 Å². The molecular weight excluding hydrogens is 213 g/mol. The molecule has 0 spiro atoms. The van der Waals surface area contributed by atoms with Crippen LogP contribution in [0.25, 0.3) is 0 Å². The summed E-state index contributed by atoms with van der Waals surface area (Å²) in [6, 6.07) is 1.42. The van der Waals surface area contributed by atoms with Crippen molar-refractivity contribution in [1.82, 2.24) is 10.3 Å². The number of alkyl halides is 1. The standard InChI is InChI=1S/C10H14FN3O2/c11-2-1-3-13-5-7-4-8(10(12)16)14-6-9(7)15/h4,6,13,15H,1-3,5H2,(H2,12,16). The number of amides is 1. The quantitative estimate of drug-likeness (QED) is 0.611. The number of primary amides is 1. The predicted molar refractivity (Wildman–Crippen MR) is 56.7 cm³/mol. The van der Waals surface area contributed by atoms with Crippen LogP contribution in [-0.4, -0.2) is 29.2 Å². The minimum absolute atomic E-state index is 0.0160. The zero-order valence-electron chi connectivity index (χ0n) is 8.74. The summed E-state index contributed by atoms with van der Waals surface area (Å²) in [4.78, 5) is 14.5. The number of nitrogens with two attached hydrogens (primary N) is 1. The van der Waals surface area contributed by atoms with Crippen LogP contribution in [0.2, 0.25) is 0 Å². The van der Waals surface area contributed by atoms with Crippen molar-refractivity contribution in [1.29, 1.82) is 0 Å². The van der Waals surface area contributed by atoms with Gasteiger partial charge in [-0.05, 0) is 19.0 Å². The molecule has 16 heavy (non-hydrogen) atoms. The molecule has 88 valence electrons. The zero-order chi connectivity index (χ0) is 12.0. The van der Waals surface area contributed by atoms with Crippen molar-refractivity contribution in [2.75, 3.05) is 13.2 Å². The van der Waals surface area contributed by atoms with Gasteiger partial charge in [0.05, 0.1) is 12.9 Å². The van der Waals surface area contributed by atoms with E-state index in [2.05, 4.69) is 10.3 Å². The highest BCUT2D eigenvalue weighted by Crippen LogP contribution is 2.15. The van der Waals surface area contributed by atoms with Crippen molar-refractivity contribution in [3.05, 3.63) is 23.5 Å². The molecule has 0 unspecified atom stereocenters. The lowest BCUT2D eigenvalue weighted by Gasteiger charge is -2.06. The molecule has 1 aromatic rings. The molecule has 4 N–H and O–H groups in total. The molecule has 0 fully saturated rings. The summed E-state index contributed by atoms with van der Waals surface area (Å²) in [7, 11) is 0. The van der Waals surface area contributed by atoms with Gasteiger partial charge in [-0.3, -0.25) is 9.18 Å². The molecular formula is C10H14FN3O2. The summed E-state index contributed by atoms with van der Waals surface area (Å²) in [6.07, 6.45) is 1.58. The maximum Gasteiger partial charge on any atom is 0.267 e. The van der Waals surface area contributed by atoms with Crippen molar-refractivity contribution >= 4 is 5.91 Å². The number of carbonyl (C=O) groups is 1. The summed E-state index contributed by atoms with van der Waals surface area (Å²) >= 11 is 0. The molecule has 0 saturated heterocycles. The van der Waals surface area contributed by atoms with E-state index in [0.717, 1.165) is 0 Å². The normalized spacial score (nSPS) is 10.3. The van der Waals surface area contributed by atoms with Gasteiger partial charge in [0, 0.05) is 12.1 Å². The molecule has 1 heterocycles. The van der Waals surface area contributed by atoms with Gasteiger partial charge in [0.1, 0.15) is 11.4 Å². The van der Waals surface area contributed by atoms with E-state index in [1.165, 1.54) is 12.3 Å². The lowest BCUT2D eigenvalue weighted by molar-refractivity contribution is 0.0995. The lowest BCUT2D eigenvalue weighted by atomic mass is 10.2. The van der Waals surface area contributed by atoms with Crippen molar-refractivity contribution in [2.45, 2.75) is 13.0 Å². The van der Waals surface area contributed by atoms with Gasteiger partial charge in [-0.2, -0.15) is 0 Å². The van der Waals surface area contributed by atoms with Gasteiger partial charge in [-0.15, -0.1) is 0 Å². The Hall–Kier alpha value is -1.69. The molecule has 0 bridgehead atoms. The maximum atomic E-state index is 11.8. The van der Waals surface area contributed by atoms with E-state index in [4.69, 9.17) is 5.73 Å². The Kier molecular flexibility index (Phi) is 4.65. The van der Waals surface area contributed by atoms with Gasteiger partial charge < -0.3 is 16.2 Å². The first-order valence-electron chi connectivity index (χ1n) is 4.89. The first kappa shape index (κ1) is 12.4. The summed E-state index contributed by atoms with van der Waals surface area (Å²) < 4.78 is 11.8. The average Bonchev–Trinajstić information content (AvgIpc) is 2.26. The zero-order valence-corrected chi connectivity index (χ0v) is 8.74. The van der Waals surface area contributed by atoms with Crippen molar-refractivity contribution < 1.29 is 14.3 Å². The topological polar surface area (TPSA) is 88.2 Å². The summed E-state index contributed by atoms with van der Waals surface area (Å²) in [5.41, 5.74) is 5.67. The average molecular weight is 227 g/mol. The Bertz CT molecular complexity index is 371. The summed E-state index contributed by atoms with van der Waals surface area (Å²) in [6.45, 7) is 0.459. The Balaban J connectivity index is 2.63. The van der Waals surface area contributed by atoms with E-state index in [-0.39, 0.29) is 18.1 Å². The van der Waals surface area contributed by atoms with Crippen LogP contribution in [0.3, 0.4) is 0 Å². The van der Waals surface area contributed by atoms with Crippen LogP contribution in [-0.2, 0) is 6.54 Å². The summed E-state index contributed by atoms with van der Waals surface area (Å²) in [5.74, 6) is -0.664. The van der Waals surface area contributed by atoms with Gasteiger partial charge in [0.15, 0.2) is 0 Å². The SMILES string of the molecule is NC(=O)c1cc(CNCCCF)c(O)cn1. The van der Waals surface area contributed by atoms with Gasteiger partial charge in [0.2, 0.25) is 0 Å². The second-order valence-corrected chi connectivity index (χ2v) is 3.28. The van der Waals surface area contributed by atoms with Crippen molar-refractivity contribution in [3.8, 4) is 5.75 Å². The molecule has 5 nitrogen and oxygen atoms in total. The van der Waals surface area contributed by atoms with Crippen LogP contribution >= 0.6 is 0 Å². The highest BCUT2D eigenvalue weighted by Gasteiger charge is 2.07. The third-order valence-corrected chi connectivity index (χ3v) is 2.02. The van der Waals surface area contributed by atoms with Crippen LogP contribution in [0.15, 0.2) is 12.3 Å². The third-order valence-electron chi connectivity index (χ3n) is 2.02. The number of nitrogens with one attached hydrogen (secondary N) is 1. The molecule has 1 amide bonds. The molecule has 0 aliphatic heterocycles. The first-order valence-corrected chi connectivity index (χ1v) is 4.89. The van der Waals surface area contributed by atoms with Gasteiger partial charge >= 0.3 is 0 Å². The molecule has 0 saturated carbocycles. The van der Waals surface area contributed by atoms with E-state index in [1.54, 1.807) is 0 Å². The molecule has 0 aliphatic rings. The number of hydrogen-bond donors (Lipinski definition) is 3. The molecule has 6 heteroatoms. The largest absolute Gasteiger partial charge is 0.506 e.